The second-order valence-electron chi connectivity index (χ2n) is 4.72. The lowest BCUT2D eigenvalue weighted by Crippen LogP contribution is -2.40. The largest absolute Gasteiger partial charge is 0.438 e. The third-order valence-corrected chi connectivity index (χ3v) is 5.10. The first-order valence-corrected chi connectivity index (χ1v) is 7.61. The van der Waals surface area contributed by atoms with Crippen LogP contribution in [0.4, 0.5) is 4.79 Å². The van der Waals surface area contributed by atoms with Crippen molar-refractivity contribution in [1.29, 1.82) is 0 Å². The van der Waals surface area contributed by atoms with Gasteiger partial charge in [-0.3, -0.25) is 0 Å². The highest BCUT2D eigenvalue weighted by Gasteiger charge is 2.47. The van der Waals surface area contributed by atoms with Gasteiger partial charge in [-0.2, -0.15) is 4.31 Å². The van der Waals surface area contributed by atoms with Gasteiger partial charge in [0, 0.05) is 0 Å². The van der Waals surface area contributed by atoms with Crippen molar-refractivity contribution in [2.75, 3.05) is 0 Å². The minimum atomic E-state index is -3.90. The van der Waals surface area contributed by atoms with Crippen LogP contribution in [0.3, 0.4) is 0 Å². The fourth-order valence-electron chi connectivity index (χ4n) is 2.27. The standard InChI is InChI=1S/C14H13NO4S/c1-10-6-8-11(9-7-10)20(17,18)15-12-4-2-3-5-13(12)19-14(15)16/h2-9,12-13H,1H3/t12-,13+/m0/s1. The molecule has 0 radical (unpaired) electrons. The van der Waals surface area contributed by atoms with Gasteiger partial charge in [0.1, 0.15) is 12.1 Å². The van der Waals surface area contributed by atoms with E-state index in [2.05, 4.69) is 0 Å². The number of nitrogens with zero attached hydrogens (tertiary/aromatic N) is 1. The molecule has 1 heterocycles. The number of amides is 1. The number of aryl methyl sites for hydroxylation is 1. The van der Waals surface area contributed by atoms with E-state index in [1.807, 2.05) is 6.92 Å². The van der Waals surface area contributed by atoms with Gasteiger partial charge in [0.2, 0.25) is 0 Å². The molecule has 2 aliphatic rings. The lowest BCUT2D eigenvalue weighted by molar-refractivity contribution is 0.151. The van der Waals surface area contributed by atoms with Crippen LogP contribution in [0.15, 0.2) is 53.5 Å². The quantitative estimate of drug-likeness (QED) is 0.836. The lowest BCUT2D eigenvalue weighted by atomic mass is 10.1. The predicted octanol–water partition coefficient (Wildman–Crippen LogP) is 2.00. The number of benzene rings is 1. The van der Waals surface area contributed by atoms with Crippen LogP contribution in [0, 0.1) is 6.92 Å². The van der Waals surface area contributed by atoms with E-state index in [1.54, 1.807) is 36.4 Å². The Morgan fingerprint density at radius 3 is 2.45 bits per heavy atom. The molecule has 104 valence electrons. The van der Waals surface area contributed by atoms with E-state index >= 15 is 0 Å². The van der Waals surface area contributed by atoms with E-state index in [4.69, 9.17) is 4.74 Å². The Hall–Kier alpha value is -2.08. The van der Waals surface area contributed by atoms with Crippen molar-refractivity contribution in [2.45, 2.75) is 24.0 Å². The van der Waals surface area contributed by atoms with Crippen LogP contribution in [0.5, 0.6) is 0 Å². The summed E-state index contributed by atoms with van der Waals surface area (Å²) in [6.07, 6.45) is 5.38. The second kappa shape index (κ2) is 4.49. The summed E-state index contributed by atoms with van der Waals surface area (Å²) in [6, 6.07) is 5.77. The van der Waals surface area contributed by atoms with E-state index < -0.39 is 28.3 Å². The van der Waals surface area contributed by atoms with Gasteiger partial charge in [0.15, 0.2) is 0 Å². The Morgan fingerprint density at radius 2 is 1.75 bits per heavy atom. The van der Waals surface area contributed by atoms with Crippen LogP contribution < -0.4 is 0 Å². The van der Waals surface area contributed by atoms with E-state index in [0.29, 0.717) is 0 Å². The van der Waals surface area contributed by atoms with E-state index in [0.717, 1.165) is 9.87 Å². The van der Waals surface area contributed by atoms with Crippen LogP contribution in [0.25, 0.3) is 0 Å². The minimum absolute atomic E-state index is 0.0867. The van der Waals surface area contributed by atoms with Gasteiger partial charge in [-0.1, -0.05) is 35.9 Å². The third kappa shape index (κ3) is 1.92. The van der Waals surface area contributed by atoms with Crippen LogP contribution in [0.1, 0.15) is 5.56 Å². The minimum Gasteiger partial charge on any atom is -0.438 e. The highest BCUT2D eigenvalue weighted by atomic mass is 32.2. The van der Waals surface area contributed by atoms with Crippen LogP contribution in [-0.4, -0.2) is 31.0 Å². The SMILES string of the molecule is Cc1ccc(S(=O)(=O)N2C(=O)O[C@@H]3C=CC=C[C@@H]32)cc1. The molecule has 1 aromatic carbocycles. The Bertz CT molecular complexity index is 703. The molecule has 6 heteroatoms. The molecule has 1 fully saturated rings. The van der Waals surface area contributed by atoms with Crippen molar-refractivity contribution in [2.24, 2.45) is 0 Å². The molecule has 1 aliphatic heterocycles. The summed E-state index contributed by atoms with van der Waals surface area (Å²) < 4.78 is 31.0. The van der Waals surface area contributed by atoms with Gasteiger partial charge in [-0.05, 0) is 25.1 Å². The van der Waals surface area contributed by atoms with Crippen molar-refractivity contribution >= 4 is 16.1 Å². The first-order valence-electron chi connectivity index (χ1n) is 6.17. The normalized spacial score (nSPS) is 24.6. The molecule has 2 atom stereocenters. The van der Waals surface area contributed by atoms with Crippen molar-refractivity contribution in [1.82, 2.24) is 4.31 Å². The maximum Gasteiger partial charge on any atom is 0.425 e. The first kappa shape index (κ1) is 12.9. The summed E-state index contributed by atoms with van der Waals surface area (Å²) in [4.78, 5) is 12.0. The van der Waals surface area contributed by atoms with Crippen molar-refractivity contribution in [3.8, 4) is 0 Å². The number of carbonyl (C=O) groups is 1. The zero-order valence-electron chi connectivity index (χ0n) is 10.8. The molecule has 1 aromatic rings. The average Bonchev–Trinajstić information content (AvgIpc) is 2.75. The monoisotopic (exact) mass is 291 g/mol. The Balaban J connectivity index is 2.03. The van der Waals surface area contributed by atoms with E-state index in [1.165, 1.54) is 12.1 Å². The number of ether oxygens (including phenoxy) is 1. The van der Waals surface area contributed by atoms with Gasteiger partial charge >= 0.3 is 6.09 Å². The zero-order chi connectivity index (χ0) is 14.3. The summed E-state index contributed by atoms with van der Waals surface area (Å²) in [5.74, 6) is 0. The van der Waals surface area contributed by atoms with E-state index in [9.17, 15) is 13.2 Å². The maximum absolute atomic E-state index is 12.6. The van der Waals surface area contributed by atoms with Crippen molar-refractivity contribution in [3.05, 3.63) is 54.1 Å². The Kier molecular flexibility index (Phi) is 2.90. The molecule has 1 aliphatic carbocycles. The second-order valence-corrected chi connectivity index (χ2v) is 6.54. The van der Waals surface area contributed by atoms with Crippen LogP contribution in [0.2, 0.25) is 0 Å². The smallest absolute Gasteiger partial charge is 0.425 e. The van der Waals surface area contributed by atoms with Crippen LogP contribution >= 0.6 is 0 Å². The lowest BCUT2D eigenvalue weighted by Gasteiger charge is -2.21. The molecule has 20 heavy (non-hydrogen) atoms. The molecular formula is C14H13NO4S. The summed E-state index contributed by atoms with van der Waals surface area (Å²) >= 11 is 0. The Morgan fingerprint density at radius 1 is 1.10 bits per heavy atom. The molecule has 0 bridgehead atoms. The number of sulfonamides is 1. The number of hydrogen-bond donors (Lipinski definition) is 0. The average molecular weight is 291 g/mol. The van der Waals surface area contributed by atoms with Gasteiger partial charge in [0.05, 0.1) is 4.90 Å². The maximum atomic E-state index is 12.6. The topological polar surface area (TPSA) is 63.7 Å². The highest BCUT2D eigenvalue weighted by Crippen LogP contribution is 2.30. The molecule has 0 spiro atoms. The summed E-state index contributed by atoms with van der Waals surface area (Å²) in [5.41, 5.74) is 0.950. The summed E-state index contributed by atoms with van der Waals surface area (Å²) in [5, 5.41) is 0. The molecule has 0 aromatic heterocycles. The number of allylic oxidation sites excluding steroid dienone is 2. The molecule has 1 saturated heterocycles. The van der Waals surface area contributed by atoms with Gasteiger partial charge in [-0.25, -0.2) is 13.2 Å². The Labute approximate surface area is 117 Å². The molecular weight excluding hydrogens is 278 g/mol. The van der Waals surface area contributed by atoms with E-state index in [-0.39, 0.29) is 4.90 Å². The molecule has 0 unspecified atom stereocenters. The first-order chi connectivity index (χ1) is 9.50. The molecule has 1 amide bonds. The zero-order valence-corrected chi connectivity index (χ0v) is 11.6. The molecule has 0 N–H and O–H groups in total. The number of carbonyl (C=O) groups excluding carboxylic acids is 1. The van der Waals surface area contributed by atoms with Gasteiger partial charge in [-0.15, -0.1) is 0 Å². The molecule has 5 nitrogen and oxygen atoms in total. The molecule has 3 rings (SSSR count). The highest BCUT2D eigenvalue weighted by molar-refractivity contribution is 7.89. The number of fused-ring (bicyclic) bond motifs is 1. The predicted molar refractivity (Wildman–Crippen MR) is 72.5 cm³/mol. The van der Waals surface area contributed by atoms with Gasteiger partial charge in [0.25, 0.3) is 10.0 Å². The van der Waals surface area contributed by atoms with Crippen molar-refractivity contribution in [3.63, 3.8) is 0 Å². The number of rotatable bonds is 2. The van der Waals surface area contributed by atoms with Crippen molar-refractivity contribution < 1.29 is 17.9 Å². The third-order valence-electron chi connectivity index (χ3n) is 3.32. The fourth-order valence-corrected chi connectivity index (χ4v) is 3.72. The molecule has 0 saturated carbocycles. The fraction of sp³-hybridized carbons (Fsp3) is 0.214. The van der Waals surface area contributed by atoms with Gasteiger partial charge < -0.3 is 4.74 Å². The van der Waals surface area contributed by atoms with Crippen LogP contribution in [-0.2, 0) is 14.8 Å². The summed E-state index contributed by atoms with van der Waals surface area (Å²) in [6.45, 7) is 1.87. The number of hydrogen-bond acceptors (Lipinski definition) is 4. The summed E-state index contributed by atoms with van der Waals surface area (Å²) in [7, 11) is -3.90.